The highest BCUT2D eigenvalue weighted by molar-refractivity contribution is 7.53. The van der Waals surface area contributed by atoms with Crippen LogP contribution in [0.2, 0.25) is 0 Å². The van der Waals surface area contributed by atoms with Crippen molar-refractivity contribution in [1.82, 2.24) is 25.5 Å². The summed E-state index contributed by atoms with van der Waals surface area (Å²) >= 11 is 0. The molecule has 11 nitrogen and oxygen atoms in total. The van der Waals surface area contributed by atoms with Crippen LogP contribution >= 0.6 is 7.60 Å². The molecule has 48 heavy (non-hydrogen) atoms. The van der Waals surface area contributed by atoms with Gasteiger partial charge in [0.2, 0.25) is 5.95 Å². The first kappa shape index (κ1) is 37.8. The molecule has 4 fully saturated rings. The highest BCUT2D eigenvalue weighted by atomic mass is 31.2. The van der Waals surface area contributed by atoms with Crippen LogP contribution in [0.4, 0.5) is 17.6 Å². The van der Waals surface area contributed by atoms with Gasteiger partial charge in [0, 0.05) is 43.8 Å². The molecule has 1 saturated heterocycles. The molecule has 0 bridgehead atoms. The van der Waals surface area contributed by atoms with E-state index in [9.17, 15) is 4.57 Å². The summed E-state index contributed by atoms with van der Waals surface area (Å²) in [5, 5.41) is 11.1. The van der Waals surface area contributed by atoms with Gasteiger partial charge in [-0.3, -0.25) is 9.46 Å². The molecule has 2 heterocycles. The first-order chi connectivity index (χ1) is 23.4. The number of nitrogens with zero attached hydrogens (tertiary/aromatic N) is 4. The van der Waals surface area contributed by atoms with Gasteiger partial charge in [-0.1, -0.05) is 32.1 Å². The van der Waals surface area contributed by atoms with Gasteiger partial charge >= 0.3 is 7.60 Å². The van der Waals surface area contributed by atoms with Crippen LogP contribution in [-0.2, 0) is 13.6 Å². The molecule has 1 aromatic rings. The maximum atomic E-state index is 13.0. The summed E-state index contributed by atoms with van der Waals surface area (Å²) in [5.74, 6) is 3.55. The monoisotopic (exact) mass is 691 g/mol. The van der Waals surface area contributed by atoms with Crippen molar-refractivity contribution in [3.8, 4) is 0 Å². The zero-order valence-corrected chi connectivity index (χ0v) is 31.1. The molecule has 3 saturated carbocycles. The fourth-order valence-electron chi connectivity index (χ4n) is 8.78. The molecular weight excluding hydrogens is 623 g/mol. The average Bonchev–Trinajstić information content (AvgIpc) is 3.55. The first-order valence-corrected chi connectivity index (χ1v) is 21.3. The molecule has 12 heteroatoms. The van der Waals surface area contributed by atoms with Crippen molar-refractivity contribution in [2.45, 2.75) is 122 Å². The van der Waals surface area contributed by atoms with E-state index < -0.39 is 7.60 Å². The van der Waals surface area contributed by atoms with Gasteiger partial charge in [-0.05, 0) is 116 Å². The largest absolute Gasteiger partial charge is 0.383 e. The molecule has 0 unspecified atom stereocenters. The Bertz CT molecular complexity index is 1110. The molecule has 5 N–H and O–H groups in total. The molecule has 274 valence electrons. The molecule has 1 aromatic heterocycles. The van der Waals surface area contributed by atoms with Crippen molar-refractivity contribution in [3.05, 3.63) is 6.07 Å². The lowest BCUT2D eigenvalue weighted by Crippen LogP contribution is -2.61. The van der Waals surface area contributed by atoms with Crippen LogP contribution in [0.1, 0.15) is 110 Å². The summed E-state index contributed by atoms with van der Waals surface area (Å²) in [6.07, 6.45) is 19.4. The van der Waals surface area contributed by atoms with E-state index in [4.69, 9.17) is 19.8 Å². The van der Waals surface area contributed by atoms with Crippen molar-refractivity contribution in [1.29, 1.82) is 0 Å². The number of anilines is 3. The van der Waals surface area contributed by atoms with Crippen molar-refractivity contribution in [3.63, 3.8) is 0 Å². The average molecular weight is 691 g/mol. The Morgan fingerprint density at radius 3 is 2.31 bits per heavy atom. The van der Waals surface area contributed by atoms with Gasteiger partial charge in [0.25, 0.3) is 0 Å². The summed E-state index contributed by atoms with van der Waals surface area (Å²) in [6.45, 7) is 12.6. The number of nitrogen functional groups attached to an aromatic ring is 1. The molecule has 0 aromatic carbocycles. The molecular formula is C36H67N8O3P. The number of rotatable bonds is 19. The smallest absolute Gasteiger partial charge is 0.330 e. The molecule has 0 atom stereocenters. The number of aromatic nitrogens is 2. The zero-order chi connectivity index (χ0) is 33.7. The zero-order valence-electron chi connectivity index (χ0n) is 30.2. The molecule has 3 aliphatic carbocycles. The quantitative estimate of drug-likeness (QED) is 0.0968. The van der Waals surface area contributed by atoms with E-state index in [1.165, 1.54) is 89.9 Å². The lowest BCUT2D eigenvalue weighted by atomic mass is 9.82. The predicted molar refractivity (Wildman–Crippen MR) is 198 cm³/mol. The van der Waals surface area contributed by atoms with Crippen molar-refractivity contribution in [2.24, 2.45) is 11.8 Å². The number of hydrogen-bond donors (Lipinski definition) is 4. The lowest BCUT2D eigenvalue weighted by molar-refractivity contribution is 0.0772. The SMILES string of the molecule is CCOP(=O)(CCCN1CCN(c2cc(N)nc(NC[C@H]3CC[C@H](CNCCCNC4CCCCC4)CC3)n2)CC12CCCC2)OCC. The Morgan fingerprint density at radius 1 is 0.896 bits per heavy atom. The van der Waals surface area contributed by atoms with Gasteiger partial charge in [0.15, 0.2) is 0 Å². The van der Waals surface area contributed by atoms with Gasteiger partial charge in [0.05, 0.1) is 19.4 Å². The second-order valence-corrected chi connectivity index (χ2v) is 17.1. The molecule has 0 radical (unpaired) electrons. The lowest BCUT2D eigenvalue weighted by Gasteiger charge is -2.50. The van der Waals surface area contributed by atoms with Crippen LogP contribution in [0.15, 0.2) is 6.07 Å². The standard InChI is InChI=1S/C36H67N8O3P/c1-3-46-48(45,47-4-2)25-11-22-44-24-23-43(29-36(44)18-8-9-19-36)34-26-33(37)41-35(42-34)40-28-31-16-14-30(15-17-31)27-38-20-10-21-39-32-12-6-5-7-13-32/h26,30-32,38-39H,3-25,27-29H2,1-2H3,(H3,37,40,41,42)/t30-,31-. The van der Waals surface area contributed by atoms with Crippen LogP contribution < -0.4 is 26.6 Å². The second-order valence-electron chi connectivity index (χ2n) is 15.0. The summed E-state index contributed by atoms with van der Waals surface area (Å²) < 4.78 is 24.1. The van der Waals surface area contributed by atoms with Gasteiger partial charge in [-0.25, -0.2) is 0 Å². The van der Waals surface area contributed by atoms with E-state index in [2.05, 4.69) is 30.7 Å². The predicted octanol–water partition coefficient (Wildman–Crippen LogP) is 6.27. The highest BCUT2D eigenvalue weighted by Crippen LogP contribution is 2.49. The summed E-state index contributed by atoms with van der Waals surface area (Å²) in [4.78, 5) is 14.6. The van der Waals surface area contributed by atoms with Gasteiger partial charge in [-0.2, -0.15) is 9.97 Å². The van der Waals surface area contributed by atoms with E-state index in [0.29, 0.717) is 37.1 Å². The third kappa shape index (κ3) is 11.3. The number of nitrogens with one attached hydrogen (secondary N) is 3. The molecule has 1 spiro atoms. The molecule has 5 rings (SSSR count). The minimum Gasteiger partial charge on any atom is -0.383 e. The van der Waals surface area contributed by atoms with Crippen LogP contribution in [0, 0.1) is 11.8 Å². The Hall–Kier alpha value is -1.49. The van der Waals surface area contributed by atoms with Crippen LogP contribution in [0.5, 0.6) is 0 Å². The normalized spacial score (nSPS) is 24.0. The van der Waals surface area contributed by atoms with Crippen molar-refractivity contribution < 1.29 is 13.6 Å². The van der Waals surface area contributed by atoms with Gasteiger partial charge < -0.3 is 35.6 Å². The summed E-state index contributed by atoms with van der Waals surface area (Å²) in [6, 6.07) is 2.71. The fourth-order valence-corrected chi connectivity index (χ4v) is 10.4. The Labute approximate surface area is 291 Å². The third-order valence-electron chi connectivity index (χ3n) is 11.4. The van der Waals surface area contributed by atoms with Crippen molar-refractivity contribution >= 4 is 25.2 Å². The van der Waals surface area contributed by atoms with E-state index in [0.717, 1.165) is 76.6 Å². The highest BCUT2D eigenvalue weighted by Gasteiger charge is 2.44. The number of nitrogens with two attached hydrogens (primary N) is 1. The summed E-state index contributed by atoms with van der Waals surface area (Å²) in [7, 11) is -3.01. The second kappa shape index (κ2) is 19.2. The van der Waals surface area contributed by atoms with Crippen LogP contribution in [0.25, 0.3) is 0 Å². The van der Waals surface area contributed by atoms with Crippen LogP contribution in [-0.4, -0.2) is 98.2 Å². The Kier molecular flexibility index (Phi) is 15.1. The van der Waals surface area contributed by atoms with E-state index in [1.54, 1.807) is 0 Å². The molecule has 1 aliphatic heterocycles. The third-order valence-corrected chi connectivity index (χ3v) is 13.6. The van der Waals surface area contributed by atoms with E-state index in [1.807, 2.05) is 19.9 Å². The van der Waals surface area contributed by atoms with Gasteiger partial charge in [0.1, 0.15) is 11.6 Å². The summed E-state index contributed by atoms with van der Waals surface area (Å²) in [5.41, 5.74) is 6.46. The fraction of sp³-hybridized carbons (Fsp3) is 0.889. The first-order valence-electron chi connectivity index (χ1n) is 19.6. The van der Waals surface area contributed by atoms with Gasteiger partial charge in [-0.15, -0.1) is 0 Å². The van der Waals surface area contributed by atoms with Crippen LogP contribution in [0.3, 0.4) is 0 Å². The molecule has 4 aliphatic rings. The Balaban J connectivity index is 1.03. The van der Waals surface area contributed by atoms with Crippen molar-refractivity contribution in [2.75, 3.05) is 87.7 Å². The van der Waals surface area contributed by atoms with E-state index in [-0.39, 0.29) is 5.54 Å². The maximum Gasteiger partial charge on any atom is 0.330 e. The minimum absolute atomic E-state index is 0.117. The minimum atomic E-state index is -3.01. The molecule has 0 amide bonds. The van der Waals surface area contributed by atoms with E-state index >= 15 is 0 Å². The maximum absolute atomic E-state index is 13.0. The number of hydrogen-bond acceptors (Lipinski definition) is 11. The topological polar surface area (TPSA) is 130 Å². The Morgan fingerprint density at radius 2 is 1.60 bits per heavy atom. The number of piperazine rings is 1.